The van der Waals surface area contributed by atoms with Crippen molar-refractivity contribution in [3.63, 3.8) is 0 Å². The van der Waals surface area contributed by atoms with Gasteiger partial charge in [0.2, 0.25) is 0 Å². The van der Waals surface area contributed by atoms with E-state index in [4.69, 9.17) is 0 Å². The molecule has 0 N–H and O–H groups in total. The molecule has 1 aromatic rings. The molecule has 7 heteroatoms. The highest BCUT2D eigenvalue weighted by Crippen LogP contribution is 2.28. The molecule has 0 aliphatic carbocycles. The lowest BCUT2D eigenvalue weighted by atomic mass is 10.1. The van der Waals surface area contributed by atoms with Gasteiger partial charge in [-0.2, -0.15) is 0 Å². The van der Waals surface area contributed by atoms with Crippen LogP contribution in [0.1, 0.15) is 5.56 Å². The summed E-state index contributed by atoms with van der Waals surface area (Å²) in [6, 6.07) is 9.12. The number of imide groups is 1. The Bertz CT molecular complexity index is 689. The summed E-state index contributed by atoms with van der Waals surface area (Å²) in [6.07, 6.45) is 3.50. The lowest BCUT2D eigenvalue weighted by molar-refractivity contribution is -0.135. The number of carbonyl (C=O) groups excluding carboxylic acids is 2. The highest BCUT2D eigenvalue weighted by atomic mass is 79.9. The molecule has 2 unspecified atom stereocenters. The molecule has 23 heavy (non-hydrogen) atoms. The Morgan fingerprint density at radius 3 is 2.61 bits per heavy atom. The molecule has 1 fully saturated rings. The molecule has 0 saturated carbocycles. The average molecular weight is 377 g/mol. The van der Waals surface area contributed by atoms with Crippen molar-refractivity contribution in [3.8, 4) is 0 Å². The van der Waals surface area contributed by atoms with E-state index < -0.39 is 12.2 Å². The topological polar surface area (TPSA) is 56.2 Å². The van der Waals surface area contributed by atoms with Crippen LogP contribution in [-0.4, -0.2) is 64.2 Å². The summed E-state index contributed by atoms with van der Waals surface area (Å²) in [5, 5.41) is 0. The molecule has 0 radical (unpaired) electrons. The van der Waals surface area contributed by atoms with E-state index in [1.807, 2.05) is 47.4 Å². The van der Waals surface area contributed by atoms with Crippen molar-refractivity contribution in [1.82, 2.24) is 14.7 Å². The zero-order chi connectivity index (χ0) is 16.6. The standard InChI is InChI=1S/C16H17BrN4O2/c1-19-13-12(14(22)20(2)16(19)23)21(15(17)18-13)10-6-9-11-7-4-3-5-8-11/h3-9,12-13H,10H2,1-2H3/b9-6+. The van der Waals surface area contributed by atoms with Crippen LogP contribution in [0.5, 0.6) is 0 Å². The lowest BCUT2D eigenvalue weighted by Gasteiger charge is -2.39. The van der Waals surface area contributed by atoms with E-state index in [1.165, 1.54) is 11.9 Å². The number of likely N-dealkylation sites (N-methyl/N-ethyl adjacent to an activating group) is 2. The number of fused-ring (bicyclic) bond motifs is 1. The van der Waals surface area contributed by atoms with Gasteiger partial charge in [0.1, 0.15) is 0 Å². The first-order chi connectivity index (χ1) is 11.0. The predicted octanol–water partition coefficient (Wildman–Crippen LogP) is 1.98. The van der Waals surface area contributed by atoms with Crippen molar-refractivity contribution < 1.29 is 9.59 Å². The molecule has 0 aromatic heterocycles. The summed E-state index contributed by atoms with van der Waals surface area (Å²) in [7, 11) is 3.16. The van der Waals surface area contributed by atoms with Gasteiger partial charge >= 0.3 is 6.03 Å². The molecule has 2 heterocycles. The zero-order valence-electron chi connectivity index (χ0n) is 12.9. The van der Waals surface area contributed by atoms with Crippen molar-refractivity contribution in [1.29, 1.82) is 0 Å². The first-order valence-electron chi connectivity index (χ1n) is 7.26. The molecule has 1 aromatic carbocycles. The normalized spacial score (nSPS) is 24.5. The average Bonchev–Trinajstić information content (AvgIpc) is 2.89. The first kappa shape index (κ1) is 15.7. The van der Waals surface area contributed by atoms with Gasteiger partial charge in [0.15, 0.2) is 17.0 Å². The SMILES string of the molecule is CN1C(=O)C2C(N=C(Br)N2C/C=C/c2ccccc2)N(C)C1=O. The fourth-order valence-electron chi connectivity index (χ4n) is 2.79. The van der Waals surface area contributed by atoms with Gasteiger partial charge in [-0.05, 0) is 21.5 Å². The van der Waals surface area contributed by atoms with Gasteiger partial charge in [0.25, 0.3) is 5.91 Å². The van der Waals surface area contributed by atoms with Crippen LogP contribution >= 0.6 is 15.9 Å². The Hall–Kier alpha value is -2.15. The zero-order valence-corrected chi connectivity index (χ0v) is 14.5. The second-order valence-corrected chi connectivity index (χ2v) is 6.22. The molecule has 1 saturated heterocycles. The van der Waals surface area contributed by atoms with Crippen LogP contribution < -0.4 is 0 Å². The van der Waals surface area contributed by atoms with Gasteiger partial charge in [-0.3, -0.25) is 9.69 Å². The number of rotatable bonds is 3. The van der Waals surface area contributed by atoms with E-state index >= 15 is 0 Å². The maximum atomic E-state index is 12.5. The lowest BCUT2D eigenvalue weighted by Crippen LogP contribution is -2.63. The number of halogens is 1. The third-order valence-electron chi connectivity index (χ3n) is 4.08. The van der Waals surface area contributed by atoms with Crippen LogP contribution in [0, 0.1) is 0 Å². The van der Waals surface area contributed by atoms with Gasteiger partial charge in [-0.15, -0.1) is 0 Å². The minimum atomic E-state index is -0.488. The van der Waals surface area contributed by atoms with Crippen molar-refractivity contribution in [2.75, 3.05) is 20.6 Å². The summed E-state index contributed by atoms with van der Waals surface area (Å²) >= 11 is 3.41. The third kappa shape index (κ3) is 2.76. The molecule has 2 aliphatic heterocycles. The Labute approximate surface area is 143 Å². The van der Waals surface area contributed by atoms with E-state index in [0.29, 0.717) is 11.3 Å². The molecule has 0 spiro atoms. The Morgan fingerprint density at radius 2 is 1.91 bits per heavy atom. The number of nitrogens with zero attached hydrogens (tertiary/aromatic N) is 4. The fraction of sp³-hybridized carbons (Fsp3) is 0.312. The van der Waals surface area contributed by atoms with Gasteiger partial charge in [0, 0.05) is 20.6 Å². The van der Waals surface area contributed by atoms with Crippen molar-refractivity contribution >= 4 is 38.7 Å². The largest absolute Gasteiger partial charge is 0.332 e. The molecular formula is C16H17BrN4O2. The molecule has 2 atom stereocenters. The van der Waals surface area contributed by atoms with Crippen molar-refractivity contribution in [2.24, 2.45) is 4.99 Å². The summed E-state index contributed by atoms with van der Waals surface area (Å²) in [4.78, 5) is 33.4. The summed E-state index contributed by atoms with van der Waals surface area (Å²) in [5.74, 6) is -0.232. The van der Waals surface area contributed by atoms with Crippen LogP contribution in [0.2, 0.25) is 0 Å². The van der Waals surface area contributed by atoms with Crippen molar-refractivity contribution in [2.45, 2.75) is 12.2 Å². The maximum Gasteiger partial charge on any atom is 0.328 e. The molecule has 3 rings (SSSR count). The smallest absolute Gasteiger partial charge is 0.328 e. The van der Waals surface area contributed by atoms with Crippen LogP contribution in [0.25, 0.3) is 6.08 Å². The fourth-order valence-corrected chi connectivity index (χ4v) is 3.36. The van der Waals surface area contributed by atoms with Gasteiger partial charge in [-0.1, -0.05) is 42.5 Å². The Balaban J connectivity index is 1.78. The second-order valence-electron chi connectivity index (χ2n) is 5.51. The Kier molecular flexibility index (Phi) is 4.21. The summed E-state index contributed by atoms with van der Waals surface area (Å²) in [6.45, 7) is 0.530. The van der Waals surface area contributed by atoms with Gasteiger partial charge in [-0.25, -0.2) is 9.79 Å². The van der Waals surface area contributed by atoms with E-state index in [1.54, 1.807) is 7.05 Å². The van der Waals surface area contributed by atoms with Crippen molar-refractivity contribution in [3.05, 3.63) is 42.0 Å². The van der Waals surface area contributed by atoms with E-state index in [9.17, 15) is 9.59 Å². The molecular weight excluding hydrogens is 360 g/mol. The number of amides is 3. The van der Waals surface area contributed by atoms with Crippen LogP contribution in [0.3, 0.4) is 0 Å². The number of carbonyl (C=O) groups is 2. The minimum Gasteiger partial charge on any atom is -0.332 e. The van der Waals surface area contributed by atoms with Crippen LogP contribution in [0.4, 0.5) is 4.79 Å². The van der Waals surface area contributed by atoms with Crippen LogP contribution in [-0.2, 0) is 4.79 Å². The third-order valence-corrected chi connectivity index (χ3v) is 4.74. The van der Waals surface area contributed by atoms with E-state index in [0.717, 1.165) is 10.5 Å². The minimum absolute atomic E-state index is 0.232. The number of amidine groups is 1. The number of urea groups is 1. The number of hydrogen-bond donors (Lipinski definition) is 0. The Morgan fingerprint density at radius 1 is 1.22 bits per heavy atom. The number of hydrogen-bond acceptors (Lipinski definition) is 4. The maximum absolute atomic E-state index is 12.5. The van der Waals surface area contributed by atoms with E-state index in [2.05, 4.69) is 20.9 Å². The molecule has 2 aliphatic rings. The molecule has 0 bridgehead atoms. The highest BCUT2D eigenvalue weighted by molar-refractivity contribution is 9.18. The molecule has 6 nitrogen and oxygen atoms in total. The van der Waals surface area contributed by atoms with Crippen LogP contribution in [0.15, 0.2) is 41.4 Å². The van der Waals surface area contributed by atoms with Gasteiger partial charge in [0.05, 0.1) is 0 Å². The monoisotopic (exact) mass is 376 g/mol. The second kappa shape index (κ2) is 6.16. The number of aliphatic imine (C=N–C) groups is 1. The number of benzene rings is 1. The molecule has 120 valence electrons. The van der Waals surface area contributed by atoms with E-state index in [-0.39, 0.29) is 11.9 Å². The quantitative estimate of drug-likeness (QED) is 0.757. The molecule has 3 amide bonds. The summed E-state index contributed by atoms with van der Waals surface area (Å²) in [5.41, 5.74) is 1.09. The van der Waals surface area contributed by atoms with Gasteiger partial charge < -0.3 is 9.80 Å². The summed E-state index contributed by atoms with van der Waals surface area (Å²) < 4.78 is 0.591. The highest BCUT2D eigenvalue weighted by Gasteiger charge is 2.50. The first-order valence-corrected chi connectivity index (χ1v) is 8.06. The predicted molar refractivity (Wildman–Crippen MR) is 92.0 cm³/mol.